The van der Waals surface area contributed by atoms with Gasteiger partial charge in [0.15, 0.2) is 0 Å². The standard InChI is InChI=1S/C16H19N5O/c22-16(20-10-13-4-6-17-7-5-13)14-11-19-15(12-18-14)21-8-2-1-3-9-21/h4-7,11-12H,1-3,8-10H2,(H,20,22). The van der Waals surface area contributed by atoms with Crippen molar-refractivity contribution in [2.24, 2.45) is 0 Å². The zero-order chi connectivity index (χ0) is 15.2. The lowest BCUT2D eigenvalue weighted by atomic mass is 10.1. The fraction of sp³-hybridized carbons (Fsp3) is 0.375. The Bertz CT molecular complexity index is 608. The summed E-state index contributed by atoms with van der Waals surface area (Å²) >= 11 is 0. The van der Waals surface area contributed by atoms with Gasteiger partial charge in [0.25, 0.3) is 5.91 Å². The van der Waals surface area contributed by atoms with Crippen molar-refractivity contribution < 1.29 is 4.79 Å². The van der Waals surface area contributed by atoms with Crippen LogP contribution in [0.3, 0.4) is 0 Å². The highest BCUT2D eigenvalue weighted by Gasteiger charge is 2.14. The molecule has 22 heavy (non-hydrogen) atoms. The van der Waals surface area contributed by atoms with Crippen LogP contribution in [0.5, 0.6) is 0 Å². The molecular formula is C16H19N5O. The number of rotatable bonds is 4. The minimum absolute atomic E-state index is 0.213. The summed E-state index contributed by atoms with van der Waals surface area (Å²) in [7, 11) is 0. The van der Waals surface area contributed by atoms with Crippen molar-refractivity contribution in [3.63, 3.8) is 0 Å². The number of pyridine rings is 1. The van der Waals surface area contributed by atoms with E-state index in [0.29, 0.717) is 12.2 Å². The summed E-state index contributed by atoms with van der Waals surface area (Å²) in [6, 6.07) is 3.73. The second-order valence-corrected chi connectivity index (χ2v) is 5.35. The van der Waals surface area contributed by atoms with Crippen molar-refractivity contribution in [2.45, 2.75) is 25.8 Å². The van der Waals surface area contributed by atoms with E-state index in [9.17, 15) is 4.79 Å². The van der Waals surface area contributed by atoms with Crippen LogP contribution >= 0.6 is 0 Å². The summed E-state index contributed by atoms with van der Waals surface area (Å²) in [6.45, 7) is 2.49. The Hall–Kier alpha value is -2.50. The molecule has 3 heterocycles. The van der Waals surface area contributed by atoms with E-state index >= 15 is 0 Å². The zero-order valence-electron chi connectivity index (χ0n) is 12.4. The van der Waals surface area contributed by atoms with Crippen LogP contribution in [0, 0.1) is 0 Å². The molecule has 0 atom stereocenters. The van der Waals surface area contributed by atoms with Gasteiger partial charge in [-0.1, -0.05) is 0 Å². The van der Waals surface area contributed by atoms with Crippen molar-refractivity contribution in [3.05, 3.63) is 48.2 Å². The molecule has 114 valence electrons. The van der Waals surface area contributed by atoms with Gasteiger partial charge in [-0.15, -0.1) is 0 Å². The molecule has 1 amide bonds. The van der Waals surface area contributed by atoms with Crippen molar-refractivity contribution in [3.8, 4) is 0 Å². The van der Waals surface area contributed by atoms with E-state index in [4.69, 9.17) is 0 Å². The molecule has 1 aliphatic heterocycles. The maximum atomic E-state index is 12.1. The third kappa shape index (κ3) is 3.58. The van der Waals surface area contributed by atoms with Gasteiger partial charge < -0.3 is 10.2 Å². The first-order chi connectivity index (χ1) is 10.8. The topological polar surface area (TPSA) is 71.0 Å². The lowest BCUT2D eigenvalue weighted by Crippen LogP contribution is -2.30. The Morgan fingerprint density at radius 2 is 1.86 bits per heavy atom. The number of aromatic nitrogens is 3. The molecule has 0 saturated carbocycles. The number of hydrogen-bond donors (Lipinski definition) is 1. The van der Waals surface area contributed by atoms with E-state index in [1.165, 1.54) is 19.3 Å². The molecule has 2 aromatic heterocycles. The van der Waals surface area contributed by atoms with Crippen LogP contribution in [-0.4, -0.2) is 33.9 Å². The Morgan fingerprint density at radius 1 is 1.09 bits per heavy atom. The highest BCUT2D eigenvalue weighted by molar-refractivity contribution is 5.91. The summed E-state index contributed by atoms with van der Waals surface area (Å²) in [4.78, 5) is 26.8. The SMILES string of the molecule is O=C(NCc1ccncc1)c1cnc(N2CCCCC2)cn1. The Balaban J connectivity index is 1.58. The van der Waals surface area contributed by atoms with Crippen LogP contribution in [0.1, 0.15) is 35.3 Å². The summed E-state index contributed by atoms with van der Waals surface area (Å²) in [5.41, 5.74) is 1.34. The molecule has 1 fully saturated rings. The van der Waals surface area contributed by atoms with E-state index in [1.54, 1.807) is 24.8 Å². The number of nitrogens with one attached hydrogen (secondary N) is 1. The van der Waals surface area contributed by atoms with Crippen LogP contribution in [0.25, 0.3) is 0 Å². The second-order valence-electron chi connectivity index (χ2n) is 5.35. The first-order valence-corrected chi connectivity index (χ1v) is 7.57. The van der Waals surface area contributed by atoms with E-state index in [-0.39, 0.29) is 5.91 Å². The van der Waals surface area contributed by atoms with Crippen molar-refractivity contribution in [1.82, 2.24) is 20.3 Å². The van der Waals surface area contributed by atoms with E-state index in [1.807, 2.05) is 12.1 Å². The molecule has 1 aliphatic rings. The molecule has 0 aliphatic carbocycles. The minimum atomic E-state index is -0.213. The average Bonchev–Trinajstić information content (AvgIpc) is 2.61. The normalized spacial score (nSPS) is 14.6. The largest absolute Gasteiger partial charge is 0.355 e. The van der Waals surface area contributed by atoms with Gasteiger partial charge in [-0.25, -0.2) is 9.97 Å². The summed E-state index contributed by atoms with van der Waals surface area (Å²) in [5.74, 6) is 0.639. The number of carbonyl (C=O) groups excluding carboxylic acids is 1. The van der Waals surface area contributed by atoms with E-state index in [2.05, 4.69) is 25.2 Å². The first-order valence-electron chi connectivity index (χ1n) is 7.57. The van der Waals surface area contributed by atoms with Crippen LogP contribution < -0.4 is 10.2 Å². The number of piperidine rings is 1. The predicted octanol–water partition coefficient (Wildman–Crippen LogP) is 1.79. The lowest BCUT2D eigenvalue weighted by Gasteiger charge is -2.27. The van der Waals surface area contributed by atoms with Crippen molar-refractivity contribution in [2.75, 3.05) is 18.0 Å². The minimum Gasteiger partial charge on any atom is -0.355 e. The van der Waals surface area contributed by atoms with Crippen molar-refractivity contribution >= 4 is 11.7 Å². The van der Waals surface area contributed by atoms with Gasteiger partial charge >= 0.3 is 0 Å². The molecular weight excluding hydrogens is 278 g/mol. The number of anilines is 1. The maximum absolute atomic E-state index is 12.1. The van der Waals surface area contributed by atoms with Gasteiger partial charge in [-0.05, 0) is 37.0 Å². The summed E-state index contributed by atoms with van der Waals surface area (Å²) in [5, 5.41) is 2.83. The van der Waals surface area contributed by atoms with Crippen LogP contribution in [-0.2, 0) is 6.54 Å². The third-order valence-corrected chi connectivity index (χ3v) is 3.75. The Morgan fingerprint density at radius 3 is 2.55 bits per heavy atom. The van der Waals surface area contributed by atoms with Gasteiger partial charge in [0.05, 0.1) is 12.4 Å². The van der Waals surface area contributed by atoms with Crippen LogP contribution in [0.15, 0.2) is 36.9 Å². The third-order valence-electron chi connectivity index (χ3n) is 3.75. The number of nitrogens with zero attached hydrogens (tertiary/aromatic N) is 4. The molecule has 2 aromatic rings. The zero-order valence-corrected chi connectivity index (χ0v) is 12.4. The fourth-order valence-electron chi connectivity index (χ4n) is 2.50. The second kappa shape index (κ2) is 6.98. The van der Waals surface area contributed by atoms with Gasteiger partial charge in [0.2, 0.25) is 0 Å². The van der Waals surface area contributed by atoms with Gasteiger partial charge in [-0.3, -0.25) is 9.78 Å². The molecule has 1 saturated heterocycles. The lowest BCUT2D eigenvalue weighted by molar-refractivity contribution is 0.0945. The quantitative estimate of drug-likeness (QED) is 0.931. The number of hydrogen-bond acceptors (Lipinski definition) is 5. The van der Waals surface area contributed by atoms with Gasteiger partial charge in [0, 0.05) is 32.0 Å². The van der Waals surface area contributed by atoms with E-state index in [0.717, 1.165) is 24.5 Å². The molecule has 0 radical (unpaired) electrons. The fourth-order valence-corrected chi connectivity index (χ4v) is 2.50. The average molecular weight is 297 g/mol. The summed E-state index contributed by atoms with van der Waals surface area (Å²) < 4.78 is 0. The molecule has 0 bridgehead atoms. The van der Waals surface area contributed by atoms with Crippen molar-refractivity contribution in [1.29, 1.82) is 0 Å². The molecule has 3 rings (SSSR count). The highest BCUT2D eigenvalue weighted by atomic mass is 16.1. The predicted molar refractivity (Wildman–Crippen MR) is 83.5 cm³/mol. The number of carbonyl (C=O) groups is 1. The number of amides is 1. The van der Waals surface area contributed by atoms with Crippen LogP contribution in [0.2, 0.25) is 0 Å². The van der Waals surface area contributed by atoms with E-state index < -0.39 is 0 Å². The molecule has 0 spiro atoms. The molecule has 1 N–H and O–H groups in total. The van der Waals surface area contributed by atoms with Gasteiger partial charge in [-0.2, -0.15) is 0 Å². The first kappa shape index (κ1) is 14.4. The molecule has 6 heteroatoms. The maximum Gasteiger partial charge on any atom is 0.271 e. The molecule has 6 nitrogen and oxygen atoms in total. The Labute approximate surface area is 129 Å². The van der Waals surface area contributed by atoms with Gasteiger partial charge in [0.1, 0.15) is 11.5 Å². The smallest absolute Gasteiger partial charge is 0.271 e. The monoisotopic (exact) mass is 297 g/mol. The highest BCUT2D eigenvalue weighted by Crippen LogP contribution is 2.16. The summed E-state index contributed by atoms with van der Waals surface area (Å²) in [6.07, 6.45) is 10.3. The Kier molecular flexibility index (Phi) is 4.58. The van der Waals surface area contributed by atoms with Crippen LogP contribution in [0.4, 0.5) is 5.82 Å². The molecule has 0 aromatic carbocycles. The molecule has 0 unspecified atom stereocenters.